The van der Waals surface area contributed by atoms with Gasteiger partial charge < -0.3 is 14.7 Å². The van der Waals surface area contributed by atoms with Gasteiger partial charge in [-0.25, -0.2) is 4.98 Å². The van der Waals surface area contributed by atoms with Crippen molar-refractivity contribution in [1.82, 2.24) is 20.4 Å². The smallest absolute Gasteiger partial charge is 0.259 e. The highest BCUT2D eigenvalue weighted by Crippen LogP contribution is 2.26. The van der Waals surface area contributed by atoms with Crippen LogP contribution in [-0.2, 0) is 6.54 Å². The molecule has 3 rings (SSSR count). The van der Waals surface area contributed by atoms with E-state index in [2.05, 4.69) is 15.5 Å². The molecule has 2 aromatic heterocycles. The number of nitrogens with zero attached hydrogens (tertiary/aromatic N) is 3. The number of amides is 2. The average Bonchev–Trinajstić information content (AvgIpc) is 3.07. The maximum Gasteiger partial charge on any atom is 0.259 e. The minimum atomic E-state index is -0.140. The number of hydrogen-bond donors (Lipinski definition) is 1. The highest BCUT2D eigenvalue weighted by molar-refractivity contribution is 6.06. The third-order valence-corrected chi connectivity index (χ3v) is 4.67. The van der Waals surface area contributed by atoms with Crippen LogP contribution in [0.3, 0.4) is 0 Å². The monoisotopic (exact) mass is 380 g/mol. The van der Waals surface area contributed by atoms with Gasteiger partial charge in [-0.05, 0) is 36.6 Å². The van der Waals surface area contributed by atoms with Gasteiger partial charge in [-0.3, -0.25) is 9.59 Å². The Morgan fingerprint density at radius 3 is 2.50 bits per heavy atom. The summed E-state index contributed by atoms with van der Waals surface area (Å²) in [7, 11) is 3.34. The fourth-order valence-electron chi connectivity index (χ4n) is 3.04. The summed E-state index contributed by atoms with van der Waals surface area (Å²) in [6, 6.07) is 9.02. The number of fused-ring (bicyclic) bond motifs is 1. The van der Waals surface area contributed by atoms with Gasteiger partial charge in [-0.1, -0.05) is 31.1 Å². The number of aryl methyl sites for hydroxylation is 1. The number of carbonyl (C=O) groups excluding carboxylic acids is 2. The molecule has 1 N–H and O–H groups in total. The van der Waals surface area contributed by atoms with Crippen LogP contribution in [0.15, 0.2) is 34.9 Å². The van der Waals surface area contributed by atoms with E-state index in [1.165, 1.54) is 0 Å². The van der Waals surface area contributed by atoms with Crippen molar-refractivity contribution < 1.29 is 14.1 Å². The van der Waals surface area contributed by atoms with E-state index in [9.17, 15) is 9.59 Å². The summed E-state index contributed by atoms with van der Waals surface area (Å²) in [5.74, 6) is -0.112. The molecule has 0 aliphatic carbocycles. The number of rotatable bonds is 5. The lowest BCUT2D eigenvalue weighted by Gasteiger charge is -2.19. The molecular weight excluding hydrogens is 356 g/mol. The van der Waals surface area contributed by atoms with Crippen molar-refractivity contribution in [3.63, 3.8) is 0 Å². The molecule has 0 bridgehead atoms. The minimum Gasteiger partial charge on any atom is -0.355 e. The summed E-state index contributed by atoms with van der Waals surface area (Å²) < 4.78 is 5.30. The van der Waals surface area contributed by atoms with Crippen LogP contribution in [0.1, 0.15) is 57.4 Å². The molecule has 0 radical (unpaired) electrons. The fourth-order valence-corrected chi connectivity index (χ4v) is 3.04. The zero-order chi connectivity index (χ0) is 20.4. The Hall–Kier alpha value is -3.22. The van der Waals surface area contributed by atoms with E-state index in [4.69, 9.17) is 4.52 Å². The number of benzene rings is 1. The number of aromatic nitrogens is 2. The van der Waals surface area contributed by atoms with Crippen LogP contribution in [0, 0.1) is 6.92 Å². The van der Waals surface area contributed by atoms with Crippen molar-refractivity contribution >= 4 is 22.9 Å². The second kappa shape index (κ2) is 7.80. The molecule has 28 heavy (non-hydrogen) atoms. The number of hydrogen-bond acceptors (Lipinski definition) is 5. The number of nitrogens with one attached hydrogen (secondary N) is 1. The molecule has 0 atom stereocenters. The number of carbonyl (C=O) groups is 2. The maximum absolute atomic E-state index is 13.2. The van der Waals surface area contributed by atoms with Crippen LogP contribution in [-0.4, -0.2) is 41.0 Å². The molecule has 7 nitrogen and oxygen atoms in total. The van der Waals surface area contributed by atoms with Crippen LogP contribution < -0.4 is 5.32 Å². The third kappa shape index (κ3) is 3.74. The first kappa shape index (κ1) is 19.5. The Morgan fingerprint density at radius 1 is 1.21 bits per heavy atom. The van der Waals surface area contributed by atoms with E-state index in [1.807, 2.05) is 32.0 Å². The molecule has 0 unspecified atom stereocenters. The molecular formula is C21H24N4O3. The molecule has 0 saturated heterocycles. The molecule has 0 aliphatic heterocycles. The molecule has 7 heteroatoms. The van der Waals surface area contributed by atoms with E-state index in [-0.39, 0.29) is 17.7 Å². The minimum absolute atomic E-state index is 0.129. The largest absolute Gasteiger partial charge is 0.355 e. The van der Waals surface area contributed by atoms with Crippen molar-refractivity contribution in [2.45, 2.75) is 33.2 Å². The van der Waals surface area contributed by atoms with Gasteiger partial charge in [0.05, 0.1) is 16.6 Å². The van der Waals surface area contributed by atoms with Crippen molar-refractivity contribution in [3.05, 3.63) is 58.4 Å². The summed E-state index contributed by atoms with van der Waals surface area (Å²) in [4.78, 5) is 31.0. The number of pyridine rings is 1. The van der Waals surface area contributed by atoms with Crippen molar-refractivity contribution in [2.24, 2.45) is 0 Å². The van der Waals surface area contributed by atoms with Crippen molar-refractivity contribution in [1.29, 1.82) is 0 Å². The molecule has 0 aliphatic rings. The Labute approximate surface area is 163 Å². The second-order valence-corrected chi connectivity index (χ2v) is 7.13. The molecule has 2 amide bonds. The summed E-state index contributed by atoms with van der Waals surface area (Å²) in [6.07, 6.45) is 0. The van der Waals surface area contributed by atoms with Crippen LogP contribution in [0.5, 0.6) is 0 Å². The first-order chi connectivity index (χ1) is 13.3. The fraction of sp³-hybridized carbons (Fsp3) is 0.333. The van der Waals surface area contributed by atoms with Gasteiger partial charge in [0.2, 0.25) is 0 Å². The van der Waals surface area contributed by atoms with Gasteiger partial charge in [0.1, 0.15) is 0 Å². The molecule has 3 aromatic rings. The first-order valence-electron chi connectivity index (χ1n) is 9.15. The molecule has 0 fully saturated rings. The maximum atomic E-state index is 13.2. The van der Waals surface area contributed by atoms with Gasteiger partial charge in [0.15, 0.2) is 0 Å². The molecule has 146 valence electrons. The van der Waals surface area contributed by atoms with E-state index in [1.54, 1.807) is 38.1 Å². The van der Waals surface area contributed by atoms with E-state index >= 15 is 0 Å². The van der Waals surface area contributed by atoms with Gasteiger partial charge in [0, 0.05) is 31.9 Å². The SMILES string of the molecule is CNC(=O)c1ccc(CN(C)C(=O)c2cc(C(C)C)nc3onc(C)c23)cc1. The molecule has 2 heterocycles. The summed E-state index contributed by atoms with van der Waals surface area (Å²) in [5.41, 5.74) is 3.87. The highest BCUT2D eigenvalue weighted by atomic mass is 16.5. The third-order valence-electron chi connectivity index (χ3n) is 4.67. The lowest BCUT2D eigenvalue weighted by Crippen LogP contribution is -2.27. The van der Waals surface area contributed by atoms with E-state index < -0.39 is 0 Å². The van der Waals surface area contributed by atoms with Crippen LogP contribution >= 0.6 is 0 Å². The Kier molecular flexibility index (Phi) is 5.44. The van der Waals surface area contributed by atoms with Crippen molar-refractivity contribution in [2.75, 3.05) is 14.1 Å². The molecule has 1 aromatic carbocycles. The van der Waals surface area contributed by atoms with E-state index in [0.29, 0.717) is 34.5 Å². The van der Waals surface area contributed by atoms with Gasteiger partial charge in [0.25, 0.3) is 17.5 Å². The standard InChI is InChI=1S/C21H24N4O3/c1-12(2)17-10-16(18-13(3)24-28-20(18)23-17)21(27)25(5)11-14-6-8-15(9-7-14)19(26)22-4/h6-10,12H,11H2,1-5H3,(H,22,26). The Bertz CT molecular complexity index is 1020. The molecule has 0 spiro atoms. The van der Waals surface area contributed by atoms with Crippen LogP contribution in [0.25, 0.3) is 11.1 Å². The van der Waals surface area contributed by atoms with Gasteiger partial charge in [-0.2, -0.15) is 0 Å². The topological polar surface area (TPSA) is 88.3 Å². The van der Waals surface area contributed by atoms with E-state index in [0.717, 1.165) is 11.3 Å². The van der Waals surface area contributed by atoms with Gasteiger partial charge in [-0.15, -0.1) is 0 Å². The second-order valence-electron chi connectivity index (χ2n) is 7.13. The Morgan fingerprint density at radius 2 is 1.89 bits per heavy atom. The normalized spacial score (nSPS) is 11.1. The quantitative estimate of drug-likeness (QED) is 0.734. The predicted octanol–water partition coefficient (Wildman–Crippen LogP) is 3.29. The lowest BCUT2D eigenvalue weighted by molar-refractivity contribution is 0.0786. The highest BCUT2D eigenvalue weighted by Gasteiger charge is 2.22. The van der Waals surface area contributed by atoms with Crippen LogP contribution in [0.2, 0.25) is 0 Å². The summed E-state index contributed by atoms with van der Waals surface area (Å²) in [6.45, 7) is 6.25. The van der Waals surface area contributed by atoms with Crippen molar-refractivity contribution in [3.8, 4) is 0 Å². The zero-order valence-corrected chi connectivity index (χ0v) is 16.7. The van der Waals surface area contributed by atoms with Crippen LogP contribution in [0.4, 0.5) is 0 Å². The lowest BCUT2D eigenvalue weighted by atomic mass is 10.0. The molecule has 0 saturated carbocycles. The Balaban J connectivity index is 1.89. The summed E-state index contributed by atoms with van der Waals surface area (Å²) >= 11 is 0. The summed E-state index contributed by atoms with van der Waals surface area (Å²) in [5, 5.41) is 7.21. The zero-order valence-electron chi connectivity index (χ0n) is 16.7. The predicted molar refractivity (Wildman–Crippen MR) is 106 cm³/mol. The average molecular weight is 380 g/mol. The van der Waals surface area contributed by atoms with Gasteiger partial charge >= 0.3 is 0 Å². The first-order valence-corrected chi connectivity index (χ1v) is 9.15.